The molecule has 6 nitrogen and oxygen atoms in total. The minimum absolute atomic E-state index is 0.0289. The SMILES string of the molecule is CC(N)CC(=O)NCCc1nnc2ccccn12. The van der Waals surface area contributed by atoms with E-state index in [1.54, 1.807) is 0 Å². The Bertz CT molecular complexity index is 534. The molecule has 0 saturated carbocycles. The molecule has 2 heterocycles. The fraction of sp³-hybridized carbons (Fsp3) is 0.417. The third-order valence-corrected chi connectivity index (χ3v) is 2.56. The summed E-state index contributed by atoms with van der Waals surface area (Å²) in [6.45, 7) is 2.35. The number of rotatable bonds is 5. The first-order chi connectivity index (χ1) is 8.66. The van der Waals surface area contributed by atoms with Gasteiger partial charge >= 0.3 is 0 Å². The zero-order valence-corrected chi connectivity index (χ0v) is 10.3. The van der Waals surface area contributed by atoms with Crippen molar-refractivity contribution in [2.24, 2.45) is 5.73 Å². The van der Waals surface area contributed by atoms with E-state index in [9.17, 15) is 4.79 Å². The van der Waals surface area contributed by atoms with Crippen molar-refractivity contribution in [2.75, 3.05) is 6.54 Å². The van der Waals surface area contributed by atoms with Gasteiger partial charge in [0.15, 0.2) is 5.65 Å². The highest BCUT2D eigenvalue weighted by Gasteiger charge is 2.07. The van der Waals surface area contributed by atoms with Crippen LogP contribution in [0.15, 0.2) is 24.4 Å². The summed E-state index contributed by atoms with van der Waals surface area (Å²) in [5, 5.41) is 11.0. The average molecular weight is 247 g/mol. The van der Waals surface area contributed by atoms with Gasteiger partial charge in [-0.3, -0.25) is 9.20 Å². The molecule has 2 rings (SSSR count). The zero-order valence-electron chi connectivity index (χ0n) is 10.3. The van der Waals surface area contributed by atoms with Crippen LogP contribution in [-0.2, 0) is 11.2 Å². The van der Waals surface area contributed by atoms with Crippen molar-refractivity contribution in [1.82, 2.24) is 19.9 Å². The van der Waals surface area contributed by atoms with Crippen molar-refractivity contribution in [2.45, 2.75) is 25.8 Å². The molecular formula is C12H17N5O. The maximum absolute atomic E-state index is 11.4. The van der Waals surface area contributed by atoms with Gasteiger partial charge in [-0.2, -0.15) is 0 Å². The van der Waals surface area contributed by atoms with Crippen LogP contribution in [0.1, 0.15) is 19.2 Å². The van der Waals surface area contributed by atoms with E-state index in [0.717, 1.165) is 11.5 Å². The van der Waals surface area contributed by atoms with Crippen LogP contribution in [0.25, 0.3) is 5.65 Å². The summed E-state index contributed by atoms with van der Waals surface area (Å²) >= 11 is 0. The van der Waals surface area contributed by atoms with Crippen LogP contribution in [0, 0.1) is 0 Å². The maximum Gasteiger partial charge on any atom is 0.221 e. The number of pyridine rings is 1. The summed E-state index contributed by atoms with van der Waals surface area (Å²) in [7, 11) is 0. The number of nitrogens with zero attached hydrogens (tertiary/aromatic N) is 3. The molecule has 0 radical (unpaired) electrons. The topological polar surface area (TPSA) is 85.3 Å². The Hall–Kier alpha value is -1.95. The minimum Gasteiger partial charge on any atom is -0.356 e. The van der Waals surface area contributed by atoms with Gasteiger partial charge in [0.1, 0.15) is 5.82 Å². The highest BCUT2D eigenvalue weighted by molar-refractivity contribution is 5.76. The third-order valence-electron chi connectivity index (χ3n) is 2.56. The molecule has 1 atom stereocenters. The molecule has 18 heavy (non-hydrogen) atoms. The molecule has 0 bridgehead atoms. The van der Waals surface area contributed by atoms with Gasteiger partial charge in [-0.05, 0) is 19.1 Å². The molecule has 0 spiro atoms. The quantitative estimate of drug-likeness (QED) is 0.786. The summed E-state index contributed by atoms with van der Waals surface area (Å²) in [5.41, 5.74) is 6.36. The molecule has 1 amide bonds. The molecule has 6 heteroatoms. The molecule has 0 saturated heterocycles. The maximum atomic E-state index is 11.4. The van der Waals surface area contributed by atoms with Crippen LogP contribution in [-0.4, -0.2) is 33.1 Å². The predicted octanol–water partition coefficient (Wildman–Crippen LogP) is 0.125. The average Bonchev–Trinajstić information content (AvgIpc) is 2.72. The lowest BCUT2D eigenvalue weighted by Crippen LogP contribution is -2.31. The normalized spacial score (nSPS) is 12.6. The lowest BCUT2D eigenvalue weighted by molar-refractivity contribution is -0.121. The first-order valence-electron chi connectivity index (χ1n) is 5.98. The lowest BCUT2D eigenvalue weighted by atomic mass is 10.2. The van der Waals surface area contributed by atoms with E-state index >= 15 is 0 Å². The number of hydrogen-bond donors (Lipinski definition) is 2. The van der Waals surface area contributed by atoms with Gasteiger partial charge in [-0.1, -0.05) is 6.07 Å². The van der Waals surface area contributed by atoms with Crippen molar-refractivity contribution in [3.8, 4) is 0 Å². The van der Waals surface area contributed by atoms with E-state index in [0.29, 0.717) is 19.4 Å². The number of hydrogen-bond acceptors (Lipinski definition) is 4. The molecule has 1 unspecified atom stereocenters. The van der Waals surface area contributed by atoms with Crippen molar-refractivity contribution in [3.63, 3.8) is 0 Å². The molecule has 0 aliphatic heterocycles. The summed E-state index contributed by atoms with van der Waals surface area (Å²) in [5.74, 6) is 0.811. The third kappa shape index (κ3) is 3.04. The second-order valence-corrected chi connectivity index (χ2v) is 4.33. The van der Waals surface area contributed by atoms with E-state index in [1.165, 1.54) is 0 Å². The fourth-order valence-electron chi connectivity index (χ4n) is 1.74. The van der Waals surface area contributed by atoms with Gasteiger partial charge < -0.3 is 11.1 Å². The molecular weight excluding hydrogens is 230 g/mol. The van der Waals surface area contributed by atoms with Crippen LogP contribution >= 0.6 is 0 Å². The number of nitrogens with two attached hydrogens (primary N) is 1. The summed E-state index contributed by atoms with van der Waals surface area (Å²) in [6, 6.07) is 5.62. The Morgan fingerprint density at radius 2 is 2.33 bits per heavy atom. The molecule has 0 aliphatic rings. The first kappa shape index (κ1) is 12.5. The molecule has 0 aromatic carbocycles. The van der Waals surface area contributed by atoms with Crippen LogP contribution in [0.4, 0.5) is 0 Å². The number of aromatic nitrogens is 3. The number of carbonyl (C=O) groups excluding carboxylic acids is 1. The van der Waals surface area contributed by atoms with E-state index < -0.39 is 0 Å². The second kappa shape index (κ2) is 5.59. The van der Waals surface area contributed by atoms with Crippen molar-refractivity contribution >= 4 is 11.6 Å². The Morgan fingerprint density at radius 1 is 1.50 bits per heavy atom. The van der Waals surface area contributed by atoms with Gasteiger partial charge in [-0.25, -0.2) is 0 Å². The fourth-order valence-corrected chi connectivity index (χ4v) is 1.74. The predicted molar refractivity (Wildman–Crippen MR) is 68.0 cm³/mol. The van der Waals surface area contributed by atoms with Crippen molar-refractivity contribution < 1.29 is 4.79 Å². The summed E-state index contributed by atoms with van der Waals surface area (Å²) in [4.78, 5) is 11.4. The second-order valence-electron chi connectivity index (χ2n) is 4.33. The number of nitrogens with one attached hydrogen (secondary N) is 1. The first-order valence-corrected chi connectivity index (χ1v) is 5.98. The van der Waals surface area contributed by atoms with E-state index in [4.69, 9.17) is 5.73 Å². The van der Waals surface area contributed by atoms with Gasteiger partial charge in [0, 0.05) is 31.6 Å². The van der Waals surface area contributed by atoms with Crippen LogP contribution in [0.2, 0.25) is 0 Å². The monoisotopic (exact) mass is 247 g/mol. The minimum atomic E-state index is -0.112. The van der Waals surface area contributed by atoms with Crippen LogP contribution in [0.5, 0.6) is 0 Å². The Balaban J connectivity index is 1.89. The smallest absolute Gasteiger partial charge is 0.221 e. The Labute approximate surface area is 105 Å². The zero-order chi connectivity index (χ0) is 13.0. The molecule has 2 aromatic rings. The Kier molecular flexibility index (Phi) is 3.88. The number of carbonyl (C=O) groups is 1. The number of fused-ring (bicyclic) bond motifs is 1. The number of amides is 1. The van der Waals surface area contributed by atoms with Gasteiger partial charge in [0.2, 0.25) is 5.91 Å². The van der Waals surface area contributed by atoms with E-state index in [2.05, 4.69) is 15.5 Å². The summed E-state index contributed by atoms with van der Waals surface area (Å²) in [6.07, 6.45) is 2.91. The highest BCUT2D eigenvalue weighted by atomic mass is 16.1. The highest BCUT2D eigenvalue weighted by Crippen LogP contribution is 2.02. The Morgan fingerprint density at radius 3 is 3.11 bits per heavy atom. The molecule has 96 valence electrons. The largest absolute Gasteiger partial charge is 0.356 e. The van der Waals surface area contributed by atoms with Crippen molar-refractivity contribution in [3.05, 3.63) is 30.2 Å². The van der Waals surface area contributed by atoms with Crippen LogP contribution in [0.3, 0.4) is 0 Å². The van der Waals surface area contributed by atoms with Gasteiger partial charge in [-0.15, -0.1) is 10.2 Å². The summed E-state index contributed by atoms with van der Waals surface area (Å²) < 4.78 is 1.91. The van der Waals surface area contributed by atoms with Crippen molar-refractivity contribution in [1.29, 1.82) is 0 Å². The van der Waals surface area contributed by atoms with Gasteiger partial charge in [0.25, 0.3) is 0 Å². The van der Waals surface area contributed by atoms with Crippen LogP contribution < -0.4 is 11.1 Å². The van der Waals surface area contributed by atoms with Gasteiger partial charge in [0.05, 0.1) is 0 Å². The molecule has 0 aliphatic carbocycles. The van der Waals surface area contributed by atoms with E-state index in [-0.39, 0.29) is 11.9 Å². The standard InChI is InChI=1S/C12H17N5O/c1-9(13)8-12(18)14-6-5-11-16-15-10-4-2-3-7-17(10)11/h2-4,7,9H,5-6,8,13H2,1H3,(H,14,18). The molecule has 0 fully saturated rings. The molecule has 3 N–H and O–H groups in total. The lowest BCUT2D eigenvalue weighted by Gasteiger charge is -2.06. The molecule has 2 aromatic heterocycles. The van der Waals surface area contributed by atoms with E-state index in [1.807, 2.05) is 35.7 Å².